The number of nitrogens with one attached hydrogen (secondary N) is 2. The maximum absolute atomic E-state index is 4.60. The van der Waals surface area contributed by atoms with Crippen molar-refractivity contribution in [3.05, 3.63) is 59.9 Å². The van der Waals surface area contributed by atoms with Gasteiger partial charge in [-0.05, 0) is 37.6 Å². The quantitative estimate of drug-likeness (QED) is 0.524. The Labute approximate surface area is 161 Å². The predicted octanol–water partition coefficient (Wildman–Crippen LogP) is 4.03. The van der Waals surface area contributed by atoms with Crippen molar-refractivity contribution in [1.29, 1.82) is 0 Å². The van der Waals surface area contributed by atoms with Gasteiger partial charge >= 0.3 is 0 Å². The number of rotatable bonds is 6. The molecule has 0 amide bonds. The summed E-state index contributed by atoms with van der Waals surface area (Å²) >= 11 is 1.22. The smallest absolute Gasteiger partial charge is 0.232 e. The summed E-state index contributed by atoms with van der Waals surface area (Å²) < 4.78 is 8.71. The third-order valence-electron chi connectivity index (χ3n) is 3.85. The van der Waals surface area contributed by atoms with Crippen molar-refractivity contribution in [1.82, 2.24) is 23.7 Å². The first-order valence-corrected chi connectivity index (χ1v) is 9.44. The molecule has 0 radical (unpaired) electrons. The molecule has 0 aliphatic rings. The maximum Gasteiger partial charge on any atom is 0.232 e. The zero-order valence-electron chi connectivity index (χ0n) is 15.0. The first-order chi connectivity index (χ1) is 13.2. The van der Waals surface area contributed by atoms with E-state index in [2.05, 4.69) is 48.2 Å². The molecular weight excluding hydrogens is 358 g/mol. The monoisotopic (exact) mass is 377 g/mol. The molecule has 0 saturated carbocycles. The zero-order valence-corrected chi connectivity index (χ0v) is 15.9. The van der Waals surface area contributed by atoms with E-state index in [-0.39, 0.29) is 6.04 Å². The average Bonchev–Trinajstić information content (AvgIpc) is 3.12. The fourth-order valence-electron chi connectivity index (χ4n) is 2.70. The van der Waals surface area contributed by atoms with E-state index in [1.165, 1.54) is 11.7 Å². The number of nitrogens with zero attached hydrogens (tertiary/aromatic N) is 5. The van der Waals surface area contributed by atoms with Crippen LogP contribution in [-0.4, -0.2) is 29.7 Å². The van der Waals surface area contributed by atoms with Crippen LogP contribution >= 0.6 is 11.7 Å². The first-order valence-electron chi connectivity index (χ1n) is 8.71. The molecule has 7 nitrogen and oxygen atoms in total. The number of fused-ring (bicyclic) bond motifs is 1. The standard InChI is InChI=1S/C19H19N7S/c1-12(2)20-18-22-16(11-13-7-6-10-15-17(13)26-27-25-15)23-19(24-18)21-14-8-4-3-5-9-14/h3-10,12H,11H2,1-2H3,(H2,20,21,22,23,24). The number of anilines is 3. The molecule has 2 aromatic carbocycles. The number of hydrogen-bond donors (Lipinski definition) is 2. The van der Waals surface area contributed by atoms with E-state index in [1.54, 1.807) is 0 Å². The Kier molecular flexibility index (Phi) is 4.88. The van der Waals surface area contributed by atoms with E-state index < -0.39 is 0 Å². The van der Waals surface area contributed by atoms with Gasteiger partial charge in [-0.15, -0.1) is 0 Å². The summed E-state index contributed by atoms with van der Waals surface area (Å²) in [6.07, 6.45) is 0.557. The van der Waals surface area contributed by atoms with Crippen LogP contribution in [0.25, 0.3) is 11.0 Å². The molecule has 0 fully saturated rings. The zero-order chi connectivity index (χ0) is 18.6. The number of benzene rings is 2. The number of para-hydroxylation sites is 1. The summed E-state index contributed by atoms with van der Waals surface area (Å²) in [5, 5.41) is 6.51. The second kappa shape index (κ2) is 7.63. The molecule has 4 aromatic rings. The Morgan fingerprint density at radius 3 is 2.52 bits per heavy atom. The van der Waals surface area contributed by atoms with Crippen LogP contribution in [-0.2, 0) is 6.42 Å². The van der Waals surface area contributed by atoms with Crippen LogP contribution in [0.15, 0.2) is 48.5 Å². The average molecular weight is 377 g/mol. The lowest BCUT2D eigenvalue weighted by Gasteiger charge is -2.12. The van der Waals surface area contributed by atoms with Crippen molar-refractivity contribution in [3.63, 3.8) is 0 Å². The molecule has 2 heterocycles. The fraction of sp³-hybridized carbons (Fsp3) is 0.211. The molecule has 4 rings (SSSR count). The lowest BCUT2D eigenvalue weighted by atomic mass is 10.1. The Bertz CT molecular complexity index is 1050. The minimum atomic E-state index is 0.219. The van der Waals surface area contributed by atoms with Crippen LogP contribution in [0, 0.1) is 0 Å². The largest absolute Gasteiger partial charge is 0.352 e. The molecular formula is C19H19N7S. The summed E-state index contributed by atoms with van der Waals surface area (Å²) in [6, 6.07) is 16.0. The highest BCUT2D eigenvalue weighted by Gasteiger charge is 2.12. The molecule has 0 atom stereocenters. The molecule has 136 valence electrons. The van der Waals surface area contributed by atoms with E-state index in [9.17, 15) is 0 Å². The Balaban J connectivity index is 1.68. The minimum absolute atomic E-state index is 0.219. The molecule has 27 heavy (non-hydrogen) atoms. The lowest BCUT2D eigenvalue weighted by molar-refractivity contribution is 0.849. The first kappa shape index (κ1) is 17.3. The molecule has 8 heteroatoms. The molecule has 2 aromatic heterocycles. The van der Waals surface area contributed by atoms with Crippen LogP contribution < -0.4 is 10.6 Å². The van der Waals surface area contributed by atoms with Gasteiger partial charge in [-0.3, -0.25) is 0 Å². The molecule has 0 unspecified atom stereocenters. The molecule has 0 bridgehead atoms. The summed E-state index contributed by atoms with van der Waals surface area (Å²) in [7, 11) is 0. The number of hydrogen-bond acceptors (Lipinski definition) is 8. The van der Waals surface area contributed by atoms with Crippen LogP contribution in [0.2, 0.25) is 0 Å². The second-order valence-corrected chi connectivity index (χ2v) is 6.94. The molecule has 0 spiro atoms. The van der Waals surface area contributed by atoms with Gasteiger partial charge in [0.05, 0.1) is 11.7 Å². The van der Waals surface area contributed by atoms with Crippen molar-refractivity contribution < 1.29 is 0 Å². The third-order valence-corrected chi connectivity index (χ3v) is 4.39. The highest BCUT2D eigenvalue weighted by molar-refractivity contribution is 7.00. The van der Waals surface area contributed by atoms with Crippen molar-refractivity contribution in [3.8, 4) is 0 Å². The van der Waals surface area contributed by atoms with Gasteiger partial charge in [0.2, 0.25) is 11.9 Å². The van der Waals surface area contributed by atoms with Gasteiger partial charge in [0, 0.05) is 18.2 Å². The van der Waals surface area contributed by atoms with Crippen molar-refractivity contribution in [2.45, 2.75) is 26.3 Å². The van der Waals surface area contributed by atoms with Crippen LogP contribution in [0.1, 0.15) is 25.2 Å². The Morgan fingerprint density at radius 2 is 1.70 bits per heavy atom. The highest BCUT2D eigenvalue weighted by atomic mass is 32.1. The summed E-state index contributed by atoms with van der Waals surface area (Å²) in [4.78, 5) is 13.7. The van der Waals surface area contributed by atoms with Gasteiger partial charge in [0.1, 0.15) is 16.9 Å². The lowest BCUT2D eigenvalue weighted by Crippen LogP contribution is -2.15. The summed E-state index contributed by atoms with van der Waals surface area (Å²) in [5.41, 5.74) is 3.78. The summed E-state index contributed by atoms with van der Waals surface area (Å²) in [6.45, 7) is 4.10. The molecule has 0 aliphatic heterocycles. The van der Waals surface area contributed by atoms with E-state index >= 15 is 0 Å². The highest BCUT2D eigenvalue weighted by Crippen LogP contribution is 2.20. The van der Waals surface area contributed by atoms with Crippen molar-refractivity contribution >= 4 is 40.3 Å². The normalized spacial score (nSPS) is 11.1. The van der Waals surface area contributed by atoms with E-state index in [1.807, 2.05) is 48.5 Å². The van der Waals surface area contributed by atoms with Gasteiger partial charge < -0.3 is 10.6 Å². The van der Waals surface area contributed by atoms with Gasteiger partial charge in [0.15, 0.2) is 0 Å². The van der Waals surface area contributed by atoms with Gasteiger partial charge in [-0.1, -0.05) is 30.3 Å². The molecule has 0 aliphatic carbocycles. The predicted molar refractivity (Wildman–Crippen MR) is 109 cm³/mol. The maximum atomic E-state index is 4.60. The van der Waals surface area contributed by atoms with E-state index in [0.29, 0.717) is 24.1 Å². The minimum Gasteiger partial charge on any atom is -0.352 e. The van der Waals surface area contributed by atoms with Crippen molar-refractivity contribution in [2.24, 2.45) is 0 Å². The van der Waals surface area contributed by atoms with Crippen LogP contribution in [0.3, 0.4) is 0 Å². The van der Waals surface area contributed by atoms with E-state index in [4.69, 9.17) is 0 Å². The van der Waals surface area contributed by atoms with Crippen molar-refractivity contribution in [2.75, 3.05) is 10.6 Å². The van der Waals surface area contributed by atoms with E-state index in [0.717, 1.165) is 22.3 Å². The molecule has 2 N–H and O–H groups in total. The van der Waals surface area contributed by atoms with Gasteiger partial charge in [-0.25, -0.2) is 0 Å². The number of aromatic nitrogens is 5. The Morgan fingerprint density at radius 1 is 0.889 bits per heavy atom. The second-order valence-electron chi connectivity index (χ2n) is 6.41. The SMILES string of the molecule is CC(C)Nc1nc(Cc2cccc3nsnc23)nc(Nc2ccccc2)n1. The van der Waals surface area contributed by atoms with Gasteiger partial charge in [0.25, 0.3) is 0 Å². The van der Waals surface area contributed by atoms with Crippen LogP contribution in [0.5, 0.6) is 0 Å². The van der Waals surface area contributed by atoms with Crippen LogP contribution in [0.4, 0.5) is 17.6 Å². The molecule has 0 saturated heterocycles. The van der Waals surface area contributed by atoms with Gasteiger partial charge in [-0.2, -0.15) is 23.7 Å². The summed E-state index contributed by atoms with van der Waals surface area (Å²) in [5.74, 6) is 1.74. The third kappa shape index (κ3) is 4.17. The fourth-order valence-corrected chi connectivity index (χ4v) is 3.27. The Hall–Kier alpha value is -3.13. The topological polar surface area (TPSA) is 88.5 Å².